The summed E-state index contributed by atoms with van der Waals surface area (Å²) in [4.78, 5) is 23.3. The minimum absolute atomic E-state index is 0.0937. The maximum absolute atomic E-state index is 12.5. The number of alkyl halides is 2. The lowest BCUT2D eigenvalue weighted by Crippen LogP contribution is -2.03. The fraction of sp³-hybridized carbons (Fsp3) is 0.250. The Morgan fingerprint density at radius 3 is 2.62 bits per heavy atom. The Morgan fingerprint density at radius 2 is 2.25 bits per heavy atom. The highest BCUT2D eigenvalue weighted by atomic mass is 19.3. The predicted molar refractivity (Wildman–Crippen MR) is 47.8 cm³/mol. The average molecular weight is 232 g/mol. The van der Waals surface area contributed by atoms with Gasteiger partial charge in [-0.05, 0) is 11.0 Å². The van der Waals surface area contributed by atoms with Crippen LogP contribution >= 0.6 is 0 Å². The Bertz CT molecular complexity index is 436. The van der Waals surface area contributed by atoms with E-state index >= 15 is 0 Å². The third-order valence-electron chi connectivity index (χ3n) is 1.75. The van der Waals surface area contributed by atoms with Gasteiger partial charge in [0.2, 0.25) is 0 Å². The van der Waals surface area contributed by atoms with Crippen molar-refractivity contribution in [1.82, 2.24) is 4.98 Å². The van der Waals surface area contributed by atoms with Gasteiger partial charge in [-0.3, -0.25) is 4.79 Å². The van der Waals surface area contributed by atoms with Crippen LogP contribution in [0, 0.1) is 10.1 Å². The van der Waals surface area contributed by atoms with Crippen molar-refractivity contribution in [2.45, 2.75) is 6.43 Å². The molecule has 0 unspecified atom stereocenters. The van der Waals surface area contributed by atoms with Gasteiger partial charge >= 0.3 is 11.7 Å². The minimum atomic E-state index is -2.93. The van der Waals surface area contributed by atoms with Gasteiger partial charge < -0.3 is 14.9 Å². The summed E-state index contributed by atoms with van der Waals surface area (Å²) in [5.74, 6) is -1.37. The molecule has 0 amide bonds. The van der Waals surface area contributed by atoms with Crippen LogP contribution in [-0.2, 0) is 0 Å². The lowest BCUT2D eigenvalue weighted by atomic mass is 10.2. The molecule has 0 bridgehead atoms. The molecule has 0 radical (unpaired) electrons. The second-order valence-corrected chi connectivity index (χ2v) is 2.68. The van der Waals surface area contributed by atoms with Crippen molar-refractivity contribution in [3.63, 3.8) is 0 Å². The van der Waals surface area contributed by atoms with E-state index in [1.165, 1.54) is 0 Å². The summed E-state index contributed by atoms with van der Waals surface area (Å²) in [7, 11) is 1.05. The molecule has 0 N–H and O–H groups in total. The highest BCUT2D eigenvalue weighted by molar-refractivity contribution is 5.80. The molecule has 0 aliphatic heterocycles. The molecule has 1 heterocycles. The summed E-state index contributed by atoms with van der Waals surface area (Å²) >= 11 is 0. The van der Waals surface area contributed by atoms with Crippen LogP contribution in [0.1, 0.15) is 22.3 Å². The van der Waals surface area contributed by atoms with Crippen molar-refractivity contribution in [2.75, 3.05) is 7.11 Å². The molecule has 0 atom stereocenters. The second-order valence-electron chi connectivity index (χ2n) is 2.68. The van der Waals surface area contributed by atoms with Crippen molar-refractivity contribution in [2.24, 2.45) is 0 Å². The first-order valence-electron chi connectivity index (χ1n) is 3.98. The summed E-state index contributed by atoms with van der Waals surface area (Å²) < 4.78 is 29.4. The number of aldehydes is 1. The molecule has 86 valence electrons. The van der Waals surface area contributed by atoms with E-state index < -0.39 is 34.2 Å². The Kier molecular flexibility index (Phi) is 3.44. The van der Waals surface area contributed by atoms with Crippen LogP contribution in [0.25, 0.3) is 0 Å². The van der Waals surface area contributed by atoms with E-state index in [-0.39, 0.29) is 6.29 Å². The number of pyridine rings is 1. The SMILES string of the molecule is COc1nc([N+](=O)[O-])c(C=O)cc1C(F)F. The van der Waals surface area contributed by atoms with Gasteiger partial charge in [0, 0.05) is 4.98 Å². The smallest absolute Gasteiger partial charge is 0.378 e. The number of methoxy groups -OCH3 is 1. The maximum atomic E-state index is 12.5. The predicted octanol–water partition coefficient (Wildman–Crippen LogP) is 1.75. The Balaban J connectivity index is 3.46. The van der Waals surface area contributed by atoms with Gasteiger partial charge in [-0.25, -0.2) is 8.78 Å². The molecular weight excluding hydrogens is 226 g/mol. The maximum Gasteiger partial charge on any atom is 0.378 e. The summed E-state index contributed by atoms with van der Waals surface area (Å²) in [5.41, 5.74) is -1.17. The molecule has 1 aromatic rings. The first kappa shape index (κ1) is 12.0. The van der Waals surface area contributed by atoms with Crippen LogP contribution in [0.2, 0.25) is 0 Å². The van der Waals surface area contributed by atoms with Crippen LogP contribution in [0.15, 0.2) is 6.07 Å². The zero-order chi connectivity index (χ0) is 12.3. The van der Waals surface area contributed by atoms with Crippen molar-refractivity contribution >= 4 is 12.1 Å². The fourth-order valence-electron chi connectivity index (χ4n) is 1.07. The lowest BCUT2D eigenvalue weighted by molar-refractivity contribution is -0.389. The Hall–Kier alpha value is -2.12. The Morgan fingerprint density at radius 1 is 1.62 bits per heavy atom. The number of aromatic nitrogens is 1. The fourth-order valence-corrected chi connectivity index (χ4v) is 1.07. The van der Waals surface area contributed by atoms with E-state index in [1.807, 2.05) is 0 Å². The molecule has 0 aromatic carbocycles. The molecule has 1 aromatic heterocycles. The van der Waals surface area contributed by atoms with E-state index in [4.69, 9.17) is 0 Å². The topological polar surface area (TPSA) is 82.3 Å². The van der Waals surface area contributed by atoms with E-state index in [0.29, 0.717) is 6.07 Å². The third kappa shape index (κ3) is 2.10. The summed E-state index contributed by atoms with van der Waals surface area (Å²) in [6.07, 6.45) is -2.84. The van der Waals surface area contributed by atoms with Gasteiger partial charge in [-0.2, -0.15) is 0 Å². The number of hydrogen-bond acceptors (Lipinski definition) is 5. The second kappa shape index (κ2) is 4.60. The van der Waals surface area contributed by atoms with Crippen LogP contribution in [0.5, 0.6) is 5.88 Å². The first-order chi connectivity index (χ1) is 7.51. The number of ether oxygens (including phenoxy) is 1. The van der Waals surface area contributed by atoms with Gasteiger partial charge in [0.1, 0.15) is 11.1 Å². The normalized spacial score (nSPS) is 10.2. The molecule has 0 saturated heterocycles. The molecule has 0 fully saturated rings. The van der Waals surface area contributed by atoms with E-state index in [2.05, 4.69) is 9.72 Å². The van der Waals surface area contributed by atoms with Gasteiger partial charge in [-0.1, -0.05) is 0 Å². The number of carbonyl (C=O) groups excluding carboxylic acids is 1. The molecule has 0 saturated carbocycles. The molecule has 0 spiro atoms. The molecule has 0 aliphatic carbocycles. The standard InChI is InChI=1S/C8H6F2N2O4/c1-16-8-5(6(9)10)2-4(3-13)7(11-8)12(14)15/h2-3,6H,1H3. The van der Waals surface area contributed by atoms with Crippen molar-refractivity contribution < 1.29 is 23.2 Å². The highest BCUT2D eigenvalue weighted by Gasteiger charge is 2.26. The van der Waals surface area contributed by atoms with E-state index in [1.54, 1.807) is 0 Å². The molecule has 6 nitrogen and oxygen atoms in total. The van der Waals surface area contributed by atoms with Crippen LogP contribution < -0.4 is 4.74 Å². The average Bonchev–Trinajstić information content (AvgIpc) is 2.26. The van der Waals surface area contributed by atoms with Crippen molar-refractivity contribution in [3.05, 3.63) is 27.3 Å². The number of carbonyl (C=O) groups is 1. The summed E-state index contributed by atoms with van der Waals surface area (Å²) in [6.45, 7) is 0. The lowest BCUT2D eigenvalue weighted by Gasteiger charge is -2.04. The zero-order valence-electron chi connectivity index (χ0n) is 8.02. The number of nitrogens with zero attached hydrogens (tertiary/aromatic N) is 2. The number of halogens is 2. The van der Waals surface area contributed by atoms with Gasteiger partial charge in [-0.15, -0.1) is 0 Å². The monoisotopic (exact) mass is 232 g/mol. The molecule has 8 heteroatoms. The van der Waals surface area contributed by atoms with Crippen molar-refractivity contribution in [1.29, 1.82) is 0 Å². The first-order valence-corrected chi connectivity index (χ1v) is 3.98. The number of nitro groups is 1. The van der Waals surface area contributed by atoms with Crippen LogP contribution in [0.3, 0.4) is 0 Å². The third-order valence-corrected chi connectivity index (χ3v) is 1.75. The largest absolute Gasteiger partial charge is 0.462 e. The molecule has 0 aliphatic rings. The van der Waals surface area contributed by atoms with E-state index in [0.717, 1.165) is 7.11 Å². The summed E-state index contributed by atoms with van der Waals surface area (Å²) in [5, 5.41) is 10.5. The molecule has 1 rings (SSSR count). The Labute approximate surface area is 88.0 Å². The van der Waals surface area contributed by atoms with Gasteiger partial charge in [0.05, 0.1) is 7.11 Å². The molecular formula is C8H6F2N2O4. The summed E-state index contributed by atoms with van der Waals surface area (Å²) in [6, 6.07) is 0.696. The quantitative estimate of drug-likeness (QED) is 0.448. The number of rotatable bonds is 4. The van der Waals surface area contributed by atoms with Crippen molar-refractivity contribution in [3.8, 4) is 5.88 Å². The molecule has 16 heavy (non-hydrogen) atoms. The van der Waals surface area contributed by atoms with Gasteiger partial charge in [0.25, 0.3) is 6.43 Å². The zero-order valence-corrected chi connectivity index (χ0v) is 8.02. The number of hydrogen-bond donors (Lipinski definition) is 0. The van der Waals surface area contributed by atoms with Gasteiger partial charge in [0.15, 0.2) is 6.29 Å². The van der Waals surface area contributed by atoms with Crippen LogP contribution in [-0.4, -0.2) is 23.3 Å². The highest BCUT2D eigenvalue weighted by Crippen LogP contribution is 2.31. The minimum Gasteiger partial charge on any atom is -0.462 e. The van der Waals surface area contributed by atoms with E-state index in [9.17, 15) is 23.7 Å². The van der Waals surface area contributed by atoms with Crippen LogP contribution in [0.4, 0.5) is 14.6 Å².